The van der Waals surface area contributed by atoms with E-state index >= 15 is 4.39 Å². The second kappa shape index (κ2) is 9.35. The Morgan fingerprint density at radius 1 is 1.03 bits per heavy atom. The number of ether oxygens (including phenoxy) is 3. The molecule has 2 aliphatic rings. The zero-order chi connectivity index (χ0) is 22.0. The van der Waals surface area contributed by atoms with E-state index in [1.165, 1.54) is 6.07 Å². The fraction of sp³-hybridized carbons (Fsp3) is 0.440. The summed E-state index contributed by atoms with van der Waals surface area (Å²) < 4.78 is 60.5. The van der Waals surface area contributed by atoms with Crippen LogP contribution in [-0.2, 0) is 11.2 Å². The van der Waals surface area contributed by atoms with Crippen molar-refractivity contribution in [2.45, 2.75) is 52.1 Å². The maximum absolute atomic E-state index is 15.1. The van der Waals surface area contributed by atoms with Crippen LogP contribution in [0.3, 0.4) is 0 Å². The lowest BCUT2D eigenvalue weighted by atomic mass is 9.94. The van der Waals surface area contributed by atoms with Gasteiger partial charge in [0, 0.05) is 29.0 Å². The first-order valence-electron chi connectivity index (χ1n) is 10.9. The highest BCUT2D eigenvalue weighted by Crippen LogP contribution is 2.43. The van der Waals surface area contributed by atoms with Gasteiger partial charge in [0.15, 0.2) is 23.1 Å². The Labute approximate surface area is 180 Å². The predicted octanol–water partition coefficient (Wildman–Crippen LogP) is 6.81. The molecule has 0 amide bonds. The van der Waals surface area contributed by atoms with Crippen molar-refractivity contribution in [3.63, 3.8) is 0 Å². The monoisotopic (exact) mass is 432 g/mol. The van der Waals surface area contributed by atoms with Crippen LogP contribution in [0.5, 0.6) is 17.2 Å². The van der Waals surface area contributed by atoms with Gasteiger partial charge in [0.1, 0.15) is 0 Å². The topological polar surface area (TPSA) is 27.7 Å². The Morgan fingerprint density at radius 3 is 2.55 bits per heavy atom. The summed E-state index contributed by atoms with van der Waals surface area (Å²) in [6, 6.07) is 4.87. The maximum Gasteiger partial charge on any atom is 0.205 e. The van der Waals surface area contributed by atoms with E-state index in [4.69, 9.17) is 14.2 Å². The molecule has 3 nitrogen and oxygen atoms in total. The molecule has 0 N–H and O–H groups in total. The molecule has 2 aromatic rings. The Balaban J connectivity index is 1.53. The molecule has 0 bridgehead atoms. The van der Waals surface area contributed by atoms with Crippen molar-refractivity contribution in [2.24, 2.45) is 5.92 Å². The average Bonchev–Trinajstić information content (AvgIpc) is 2.77. The molecule has 2 unspecified atom stereocenters. The molecule has 2 aromatic carbocycles. The average molecular weight is 432 g/mol. The Morgan fingerprint density at radius 2 is 1.84 bits per heavy atom. The number of hydrogen-bond donors (Lipinski definition) is 0. The molecule has 6 heteroatoms. The van der Waals surface area contributed by atoms with Gasteiger partial charge < -0.3 is 14.2 Å². The molecule has 4 rings (SSSR count). The van der Waals surface area contributed by atoms with Gasteiger partial charge in [0.05, 0.1) is 19.3 Å². The van der Waals surface area contributed by atoms with Gasteiger partial charge in [0.2, 0.25) is 11.6 Å². The molecule has 2 atom stereocenters. The Kier molecular flexibility index (Phi) is 6.56. The minimum atomic E-state index is -1.16. The molecule has 0 aliphatic carbocycles. The summed E-state index contributed by atoms with van der Waals surface area (Å²) in [5.74, 6) is -3.13. The third-order valence-corrected chi connectivity index (χ3v) is 5.86. The quantitative estimate of drug-likeness (QED) is 0.428. The van der Waals surface area contributed by atoms with Crippen molar-refractivity contribution in [1.29, 1.82) is 0 Å². The van der Waals surface area contributed by atoms with E-state index in [-0.39, 0.29) is 36.2 Å². The first-order chi connectivity index (χ1) is 15.0. The van der Waals surface area contributed by atoms with Crippen LogP contribution in [0, 0.1) is 23.4 Å². The number of fused-ring (bicyclic) bond motifs is 2. The van der Waals surface area contributed by atoms with Crippen LogP contribution in [0.1, 0.15) is 56.2 Å². The molecule has 31 heavy (non-hydrogen) atoms. The molecule has 1 fully saturated rings. The highest BCUT2D eigenvalue weighted by Gasteiger charge is 2.28. The summed E-state index contributed by atoms with van der Waals surface area (Å²) in [4.78, 5) is 0. The van der Waals surface area contributed by atoms with Crippen LogP contribution >= 0.6 is 0 Å². The van der Waals surface area contributed by atoms with Gasteiger partial charge in [-0.3, -0.25) is 0 Å². The summed E-state index contributed by atoms with van der Waals surface area (Å²) in [6.45, 7) is 4.68. The third kappa shape index (κ3) is 4.45. The van der Waals surface area contributed by atoms with E-state index in [1.807, 2.05) is 6.08 Å². The molecule has 1 saturated heterocycles. The zero-order valence-electron chi connectivity index (χ0n) is 17.8. The van der Waals surface area contributed by atoms with Crippen LogP contribution < -0.4 is 9.47 Å². The molecule has 166 valence electrons. The van der Waals surface area contributed by atoms with Gasteiger partial charge in [-0.15, -0.1) is 0 Å². The van der Waals surface area contributed by atoms with E-state index in [0.717, 1.165) is 25.7 Å². The van der Waals surface area contributed by atoms with Crippen molar-refractivity contribution >= 4 is 6.08 Å². The van der Waals surface area contributed by atoms with Crippen LogP contribution in [0.15, 0.2) is 24.3 Å². The molecular weight excluding hydrogens is 405 g/mol. The van der Waals surface area contributed by atoms with Gasteiger partial charge >= 0.3 is 0 Å². The molecule has 0 aromatic heterocycles. The SMILES string of the molecule is CCCC1CCC(/C=C/c2ccc3c(c2F)Oc2c(cc(OCC)c(F)c2F)C3)CO1. The minimum absolute atomic E-state index is 0.0555. The van der Waals surface area contributed by atoms with Gasteiger partial charge in [-0.2, -0.15) is 8.78 Å². The second-order valence-electron chi connectivity index (χ2n) is 8.10. The summed E-state index contributed by atoms with van der Waals surface area (Å²) in [6.07, 6.45) is 8.41. The van der Waals surface area contributed by atoms with Crippen LogP contribution in [0.2, 0.25) is 0 Å². The lowest BCUT2D eigenvalue weighted by Crippen LogP contribution is -2.24. The van der Waals surface area contributed by atoms with Crippen LogP contribution in [0.25, 0.3) is 6.08 Å². The lowest BCUT2D eigenvalue weighted by Gasteiger charge is -2.27. The van der Waals surface area contributed by atoms with Gasteiger partial charge in [0.25, 0.3) is 0 Å². The first-order valence-corrected chi connectivity index (χ1v) is 10.9. The zero-order valence-corrected chi connectivity index (χ0v) is 17.8. The summed E-state index contributed by atoms with van der Waals surface area (Å²) >= 11 is 0. The van der Waals surface area contributed by atoms with E-state index < -0.39 is 17.5 Å². The predicted molar refractivity (Wildman–Crippen MR) is 113 cm³/mol. The lowest BCUT2D eigenvalue weighted by molar-refractivity contribution is -0.00823. The largest absolute Gasteiger partial charge is 0.491 e. The van der Waals surface area contributed by atoms with Crippen molar-refractivity contribution < 1.29 is 27.4 Å². The van der Waals surface area contributed by atoms with Gasteiger partial charge in [-0.1, -0.05) is 37.6 Å². The Bertz CT molecular complexity index is 979. The van der Waals surface area contributed by atoms with Crippen molar-refractivity contribution in [2.75, 3.05) is 13.2 Å². The van der Waals surface area contributed by atoms with Gasteiger partial charge in [-0.25, -0.2) is 4.39 Å². The normalized spacial score (nSPS) is 20.3. The Hall–Kier alpha value is -2.47. The molecule has 2 aliphatic heterocycles. The standard InChI is InChI=1S/C25H27F3O3/c1-3-5-19-11-7-15(14-30-19)6-8-16-9-10-17-12-18-13-20(29-4-2)22(27)23(28)25(18)31-24(17)21(16)26/h6,8-10,13,15,19H,3-5,7,11-12,14H2,1-2H3/b8-6+. The third-order valence-electron chi connectivity index (χ3n) is 5.86. The highest BCUT2D eigenvalue weighted by molar-refractivity contribution is 5.60. The van der Waals surface area contributed by atoms with Crippen molar-refractivity contribution in [3.8, 4) is 17.2 Å². The fourth-order valence-electron chi connectivity index (χ4n) is 4.20. The van der Waals surface area contributed by atoms with Gasteiger partial charge in [-0.05, 0) is 32.3 Å². The smallest absolute Gasteiger partial charge is 0.205 e. The molecule has 2 heterocycles. The summed E-state index contributed by atoms with van der Waals surface area (Å²) in [7, 11) is 0. The molecule has 0 spiro atoms. The van der Waals surface area contributed by atoms with Crippen molar-refractivity contribution in [1.82, 2.24) is 0 Å². The molecule has 0 saturated carbocycles. The van der Waals surface area contributed by atoms with Crippen molar-refractivity contribution in [3.05, 3.63) is 58.4 Å². The van der Waals surface area contributed by atoms with Crippen LogP contribution in [-0.4, -0.2) is 19.3 Å². The van der Waals surface area contributed by atoms with E-state index in [1.54, 1.807) is 25.1 Å². The van der Waals surface area contributed by atoms with E-state index in [0.29, 0.717) is 29.4 Å². The second-order valence-corrected chi connectivity index (χ2v) is 8.10. The number of benzene rings is 2. The molecule has 0 radical (unpaired) electrons. The number of hydrogen-bond acceptors (Lipinski definition) is 3. The summed E-state index contributed by atoms with van der Waals surface area (Å²) in [5.41, 5.74) is 1.36. The van der Waals surface area contributed by atoms with E-state index in [9.17, 15) is 8.78 Å². The maximum atomic E-state index is 15.1. The highest BCUT2D eigenvalue weighted by atomic mass is 19.2. The van der Waals surface area contributed by atoms with Crippen LogP contribution in [0.4, 0.5) is 13.2 Å². The minimum Gasteiger partial charge on any atom is -0.491 e. The number of rotatable bonds is 6. The summed E-state index contributed by atoms with van der Waals surface area (Å²) in [5, 5.41) is 0. The van der Waals surface area contributed by atoms with E-state index in [2.05, 4.69) is 6.92 Å². The first kappa shape index (κ1) is 21.8. The molecular formula is C25H27F3O3. The number of halogens is 3. The fourth-order valence-corrected chi connectivity index (χ4v) is 4.20.